The molecule has 0 aliphatic carbocycles. The second-order valence-electron chi connectivity index (χ2n) is 5.96. The van der Waals surface area contributed by atoms with Crippen LogP contribution in [0.4, 0.5) is 5.69 Å². The van der Waals surface area contributed by atoms with Crippen LogP contribution >= 0.6 is 11.6 Å². The summed E-state index contributed by atoms with van der Waals surface area (Å²) in [6.45, 7) is 6.60. The SMILES string of the molecule is CC(C)(C)c1ccc(COc2ccc([N+](=O)[O-])cc2Cl)cn1. The van der Waals surface area contributed by atoms with Gasteiger partial charge in [0.2, 0.25) is 0 Å². The average Bonchev–Trinajstić information content (AvgIpc) is 2.45. The van der Waals surface area contributed by atoms with Gasteiger partial charge in [-0.3, -0.25) is 15.1 Å². The predicted octanol–water partition coefficient (Wildman–Crippen LogP) is 4.52. The molecule has 0 bridgehead atoms. The normalized spacial score (nSPS) is 11.3. The molecule has 0 aliphatic rings. The molecule has 0 saturated carbocycles. The molecule has 0 radical (unpaired) electrons. The summed E-state index contributed by atoms with van der Waals surface area (Å²) in [7, 11) is 0. The van der Waals surface area contributed by atoms with Gasteiger partial charge in [0.25, 0.3) is 5.69 Å². The van der Waals surface area contributed by atoms with E-state index < -0.39 is 4.92 Å². The Hall–Kier alpha value is -2.14. The number of aromatic nitrogens is 1. The van der Waals surface area contributed by atoms with Crippen molar-refractivity contribution in [3.63, 3.8) is 0 Å². The maximum absolute atomic E-state index is 10.7. The summed E-state index contributed by atoms with van der Waals surface area (Å²) in [5.74, 6) is 0.409. The highest BCUT2D eigenvalue weighted by Crippen LogP contribution is 2.29. The van der Waals surface area contributed by atoms with E-state index in [0.717, 1.165) is 11.3 Å². The van der Waals surface area contributed by atoms with E-state index in [1.54, 1.807) is 6.20 Å². The van der Waals surface area contributed by atoms with E-state index in [9.17, 15) is 10.1 Å². The highest BCUT2D eigenvalue weighted by atomic mass is 35.5. The molecule has 0 unspecified atom stereocenters. The number of nitrogens with zero attached hydrogens (tertiary/aromatic N) is 2. The van der Waals surface area contributed by atoms with Gasteiger partial charge in [0, 0.05) is 35.0 Å². The molecule has 6 heteroatoms. The first kappa shape index (κ1) is 16.2. The predicted molar refractivity (Wildman–Crippen MR) is 85.4 cm³/mol. The molecule has 0 saturated heterocycles. The van der Waals surface area contributed by atoms with Gasteiger partial charge in [0.15, 0.2) is 0 Å². The molecular weight excluding hydrogens is 304 g/mol. The van der Waals surface area contributed by atoms with Gasteiger partial charge in [0.1, 0.15) is 12.4 Å². The van der Waals surface area contributed by atoms with Gasteiger partial charge in [-0.25, -0.2) is 0 Å². The number of nitro groups is 1. The Morgan fingerprint density at radius 3 is 2.50 bits per heavy atom. The lowest BCUT2D eigenvalue weighted by atomic mass is 9.91. The Balaban J connectivity index is 2.05. The standard InChI is InChI=1S/C16H17ClN2O3/c1-16(2,3)15-7-4-11(9-18-15)10-22-14-6-5-12(19(20)21)8-13(14)17/h4-9H,10H2,1-3H3. The Labute approximate surface area is 134 Å². The van der Waals surface area contributed by atoms with Gasteiger partial charge >= 0.3 is 0 Å². The van der Waals surface area contributed by atoms with Crippen LogP contribution in [0.5, 0.6) is 5.75 Å². The van der Waals surface area contributed by atoms with Crippen molar-refractivity contribution in [3.8, 4) is 5.75 Å². The van der Waals surface area contributed by atoms with E-state index in [4.69, 9.17) is 16.3 Å². The number of halogens is 1. The number of non-ortho nitro benzene ring substituents is 1. The van der Waals surface area contributed by atoms with Crippen molar-refractivity contribution in [2.45, 2.75) is 32.8 Å². The van der Waals surface area contributed by atoms with E-state index in [1.165, 1.54) is 18.2 Å². The molecule has 2 rings (SSSR count). The zero-order chi connectivity index (χ0) is 16.3. The monoisotopic (exact) mass is 320 g/mol. The number of nitro benzene ring substituents is 1. The molecule has 116 valence electrons. The second kappa shape index (κ2) is 6.32. The number of ether oxygens (including phenoxy) is 1. The molecule has 1 aromatic heterocycles. The van der Waals surface area contributed by atoms with Crippen LogP contribution < -0.4 is 4.74 Å². The van der Waals surface area contributed by atoms with E-state index in [2.05, 4.69) is 25.8 Å². The molecule has 0 amide bonds. The van der Waals surface area contributed by atoms with Crippen LogP contribution in [0.2, 0.25) is 5.02 Å². The van der Waals surface area contributed by atoms with Crippen LogP contribution in [-0.4, -0.2) is 9.91 Å². The first-order valence-electron chi connectivity index (χ1n) is 6.79. The van der Waals surface area contributed by atoms with Gasteiger partial charge in [-0.05, 0) is 12.1 Å². The van der Waals surface area contributed by atoms with Crippen LogP contribution in [0.25, 0.3) is 0 Å². The zero-order valence-electron chi connectivity index (χ0n) is 12.7. The largest absolute Gasteiger partial charge is 0.487 e. The zero-order valence-corrected chi connectivity index (χ0v) is 13.4. The minimum atomic E-state index is -0.495. The smallest absolute Gasteiger partial charge is 0.271 e. The lowest BCUT2D eigenvalue weighted by Gasteiger charge is -2.17. The van der Waals surface area contributed by atoms with Crippen molar-refractivity contribution in [2.24, 2.45) is 0 Å². The molecular formula is C16H17ClN2O3. The molecule has 0 spiro atoms. The van der Waals surface area contributed by atoms with Crippen molar-refractivity contribution in [2.75, 3.05) is 0 Å². The summed E-state index contributed by atoms with van der Waals surface area (Å²) in [5, 5.41) is 10.9. The maximum Gasteiger partial charge on any atom is 0.271 e. The first-order chi connectivity index (χ1) is 10.3. The van der Waals surface area contributed by atoms with Crippen LogP contribution in [0.15, 0.2) is 36.5 Å². The highest BCUT2D eigenvalue weighted by Gasteiger charge is 2.15. The van der Waals surface area contributed by atoms with Crippen molar-refractivity contribution in [3.05, 3.63) is 62.9 Å². The molecule has 1 heterocycles. The Kier molecular flexibility index (Phi) is 4.66. The fourth-order valence-electron chi connectivity index (χ4n) is 1.83. The fraction of sp³-hybridized carbons (Fsp3) is 0.312. The second-order valence-corrected chi connectivity index (χ2v) is 6.37. The van der Waals surface area contributed by atoms with E-state index in [1.807, 2.05) is 12.1 Å². The molecule has 22 heavy (non-hydrogen) atoms. The fourth-order valence-corrected chi connectivity index (χ4v) is 2.06. The quantitative estimate of drug-likeness (QED) is 0.613. The van der Waals surface area contributed by atoms with Gasteiger partial charge < -0.3 is 4.74 Å². The van der Waals surface area contributed by atoms with Crippen LogP contribution in [0.3, 0.4) is 0 Å². The number of benzene rings is 1. The van der Waals surface area contributed by atoms with Gasteiger partial charge in [-0.2, -0.15) is 0 Å². The molecule has 0 fully saturated rings. The minimum Gasteiger partial charge on any atom is -0.487 e. The third kappa shape index (κ3) is 3.95. The van der Waals surface area contributed by atoms with Crippen molar-refractivity contribution >= 4 is 17.3 Å². The summed E-state index contributed by atoms with van der Waals surface area (Å²) in [6, 6.07) is 8.06. The van der Waals surface area contributed by atoms with E-state index in [-0.39, 0.29) is 16.1 Å². The van der Waals surface area contributed by atoms with Crippen molar-refractivity contribution in [1.29, 1.82) is 0 Å². The number of hydrogen-bond donors (Lipinski definition) is 0. The van der Waals surface area contributed by atoms with E-state index in [0.29, 0.717) is 12.4 Å². The summed E-state index contributed by atoms with van der Waals surface area (Å²) in [4.78, 5) is 14.6. The van der Waals surface area contributed by atoms with Crippen LogP contribution in [-0.2, 0) is 12.0 Å². The van der Waals surface area contributed by atoms with Gasteiger partial charge in [0.05, 0.1) is 9.95 Å². The minimum absolute atomic E-state index is 0.00105. The number of pyridine rings is 1. The first-order valence-corrected chi connectivity index (χ1v) is 7.17. The number of hydrogen-bond acceptors (Lipinski definition) is 4. The average molecular weight is 321 g/mol. The number of rotatable bonds is 4. The summed E-state index contributed by atoms with van der Waals surface area (Å²) >= 11 is 5.98. The molecule has 0 atom stereocenters. The molecule has 1 aromatic carbocycles. The third-order valence-corrected chi connectivity index (χ3v) is 3.41. The maximum atomic E-state index is 10.7. The highest BCUT2D eigenvalue weighted by molar-refractivity contribution is 6.32. The lowest BCUT2D eigenvalue weighted by molar-refractivity contribution is -0.384. The van der Waals surface area contributed by atoms with Crippen LogP contribution in [0.1, 0.15) is 32.0 Å². The van der Waals surface area contributed by atoms with Crippen molar-refractivity contribution < 1.29 is 9.66 Å². The van der Waals surface area contributed by atoms with Crippen LogP contribution in [0, 0.1) is 10.1 Å². The molecule has 5 nitrogen and oxygen atoms in total. The van der Waals surface area contributed by atoms with Crippen molar-refractivity contribution in [1.82, 2.24) is 4.98 Å². The van der Waals surface area contributed by atoms with Gasteiger partial charge in [-0.1, -0.05) is 38.4 Å². The molecule has 0 aliphatic heterocycles. The Morgan fingerprint density at radius 2 is 2.00 bits per heavy atom. The lowest BCUT2D eigenvalue weighted by Crippen LogP contribution is -2.13. The summed E-state index contributed by atoms with van der Waals surface area (Å²) in [5.41, 5.74) is 1.85. The third-order valence-electron chi connectivity index (χ3n) is 3.11. The topological polar surface area (TPSA) is 65.3 Å². The van der Waals surface area contributed by atoms with E-state index >= 15 is 0 Å². The Morgan fingerprint density at radius 1 is 1.27 bits per heavy atom. The van der Waals surface area contributed by atoms with Gasteiger partial charge in [-0.15, -0.1) is 0 Å². The summed E-state index contributed by atoms with van der Waals surface area (Å²) < 4.78 is 5.59. The summed E-state index contributed by atoms with van der Waals surface area (Å²) in [6.07, 6.45) is 1.76. The molecule has 0 N–H and O–H groups in total. The molecule has 2 aromatic rings. The Bertz CT molecular complexity index is 679.